The number of carboxylic acids is 1. The van der Waals surface area contributed by atoms with Gasteiger partial charge in [0.2, 0.25) is 0 Å². The van der Waals surface area contributed by atoms with E-state index in [0.29, 0.717) is 40.1 Å². The topological polar surface area (TPSA) is 83.0 Å². The fourth-order valence-corrected chi connectivity index (χ4v) is 5.18. The van der Waals surface area contributed by atoms with Crippen LogP contribution in [0.1, 0.15) is 54.4 Å². The van der Waals surface area contributed by atoms with Gasteiger partial charge in [-0.05, 0) is 60.6 Å². The van der Waals surface area contributed by atoms with Crippen molar-refractivity contribution in [3.8, 4) is 0 Å². The van der Waals surface area contributed by atoms with Gasteiger partial charge in [0.1, 0.15) is 11.0 Å². The standard InChI is InChI=1S/C24H24N2O3S2.Na/c1-30-18-10-7-16(8-11-18)23(27)19(13-15-5-3-2-4-6-15)22(24(28)29)17-9-12-20-21(14-17)26-31-25-20;/h7-12,14-15H,2-6,13H2,1H3,(H,28,29);/q;+1/p-1/b22-19+;. The summed E-state index contributed by atoms with van der Waals surface area (Å²) in [6, 6.07) is 12.5. The molecule has 1 aliphatic rings. The molecule has 0 saturated heterocycles. The predicted molar refractivity (Wildman–Crippen MR) is 123 cm³/mol. The van der Waals surface area contributed by atoms with Crippen molar-refractivity contribution < 1.29 is 44.3 Å². The van der Waals surface area contributed by atoms with Crippen molar-refractivity contribution in [1.29, 1.82) is 0 Å². The predicted octanol–water partition coefficient (Wildman–Crippen LogP) is 1.77. The van der Waals surface area contributed by atoms with Crippen LogP contribution >= 0.6 is 23.5 Å². The number of carboxylic acid groups (broad SMARTS) is 1. The SMILES string of the molecule is CSc1ccc(C(=O)/C(CC2CCCCC2)=C(/C(=O)[O-])c2ccc3nsnc3c2)cc1.[Na+]. The molecule has 5 nitrogen and oxygen atoms in total. The van der Waals surface area contributed by atoms with E-state index in [1.807, 2.05) is 18.4 Å². The maximum absolute atomic E-state index is 13.6. The number of ketones is 1. The molecule has 1 saturated carbocycles. The van der Waals surface area contributed by atoms with Crippen molar-refractivity contribution in [1.82, 2.24) is 8.75 Å². The Bertz CT molecular complexity index is 1140. The van der Waals surface area contributed by atoms with Gasteiger partial charge < -0.3 is 9.90 Å². The van der Waals surface area contributed by atoms with Crippen molar-refractivity contribution in [2.75, 3.05) is 6.26 Å². The molecule has 8 heteroatoms. The molecule has 0 N–H and O–H groups in total. The van der Waals surface area contributed by atoms with Crippen molar-refractivity contribution in [3.63, 3.8) is 0 Å². The second-order valence-electron chi connectivity index (χ2n) is 7.87. The normalized spacial score (nSPS) is 15.2. The van der Waals surface area contributed by atoms with Gasteiger partial charge in [-0.2, -0.15) is 8.75 Å². The number of carbonyl (C=O) groups excluding carboxylic acids is 2. The third-order valence-electron chi connectivity index (χ3n) is 5.89. The molecule has 0 radical (unpaired) electrons. The van der Waals surface area contributed by atoms with Crippen LogP contribution in [-0.4, -0.2) is 26.8 Å². The van der Waals surface area contributed by atoms with Gasteiger partial charge >= 0.3 is 29.6 Å². The molecular weight excluding hydrogens is 451 g/mol. The van der Waals surface area contributed by atoms with Crippen molar-refractivity contribution in [2.24, 2.45) is 5.92 Å². The first-order valence-electron chi connectivity index (χ1n) is 10.4. The molecule has 1 aliphatic carbocycles. The van der Waals surface area contributed by atoms with Crippen LogP contribution < -0.4 is 34.7 Å². The molecule has 32 heavy (non-hydrogen) atoms. The van der Waals surface area contributed by atoms with E-state index in [1.165, 1.54) is 6.42 Å². The fourth-order valence-electron chi connectivity index (χ4n) is 4.26. The summed E-state index contributed by atoms with van der Waals surface area (Å²) in [6.07, 6.45) is 7.87. The van der Waals surface area contributed by atoms with Crippen LogP contribution in [0.5, 0.6) is 0 Å². The van der Waals surface area contributed by atoms with E-state index >= 15 is 0 Å². The van der Waals surface area contributed by atoms with Crippen LogP contribution in [0.25, 0.3) is 16.6 Å². The molecule has 160 valence electrons. The van der Waals surface area contributed by atoms with Crippen LogP contribution in [0.3, 0.4) is 0 Å². The van der Waals surface area contributed by atoms with E-state index < -0.39 is 5.97 Å². The molecule has 0 atom stereocenters. The summed E-state index contributed by atoms with van der Waals surface area (Å²) in [5.74, 6) is -1.27. The Balaban J connectivity index is 0.00000289. The minimum Gasteiger partial charge on any atom is -0.545 e. The summed E-state index contributed by atoms with van der Waals surface area (Å²) < 4.78 is 8.41. The smallest absolute Gasteiger partial charge is 0.545 e. The first kappa shape index (κ1) is 25.1. The molecule has 3 aromatic rings. The second-order valence-corrected chi connectivity index (χ2v) is 9.28. The third-order valence-corrected chi connectivity index (χ3v) is 7.19. The Morgan fingerprint density at radius 2 is 1.66 bits per heavy atom. The van der Waals surface area contributed by atoms with Crippen molar-refractivity contribution >= 4 is 51.8 Å². The Morgan fingerprint density at radius 3 is 2.31 bits per heavy atom. The van der Waals surface area contributed by atoms with E-state index in [1.54, 1.807) is 42.1 Å². The second kappa shape index (κ2) is 11.6. The minimum absolute atomic E-state index is 0. The number of Topliss-reactive ketones (excluding diaryl/α,β-unsaturated/α-hetero) is 1. The van der Waals surface area contributed by atoms with Gasteiger partial charge in [0.25, 0.3) is 0 Å². The van der Waals surface area contributed by atoms with Gasteiger partial charge in [-0.1, -0.05) is 38.2 Å². The number of aromatic nitrogens is 2. The van der Waals surface area contributed by atoms with Gasteiger partial charge in [0, 0.05) is 21.6 Å². The molecule has 2 aromatic carbocycles. The van der Waals surface area contributed by atoms with E-state index in [4.69, 9.17) is 0 Å². The summed E-state index contributed by atoms with van der Waals surface area (Å²) in [7, 11) is 0. The van der Waals surface area contributed by atoms with E-state index in [9.17, 15) is 14.7 Å². The van der Waals surface area contributed by atoms with Gasteiger partial charge in [-0.15, -0.1) is 11.8 Å². The van der Waals surface area contributed by atoms with Gasteiger partial charge in [-0.25, -0.2) is 0 Å². The molecule has 0 unspecified atom stereocenters. The maximum Gasteiger partial charge on any atom is 1.00 e. The number of thioether (sulfide) groups is 1. The summed E-state index contributed by atoms with van der Waals surface area (Å²) in [4.78, 5) is 27.0. The molecule has 1 heterocycles. The summed E-state index contributed by atoms with van der Waals surface area (Å²) in [5.41, 5.74) is 2.57. The molecular formula is C24H23N2NaO3S2. The minimum atomic E-state index is -1.33. The van der Waals surface area contributed by atoms with Crippen LogP contribution in [0.15, 0.2) is 52.9 Å². The zero-order valence-corrected chi connectivity index (χ0v) is 21.9. The Kier molecular flexibility index (Phi) is 9.08. The zero-order valence-electron chi connectivity index (χ0n) is 18.3. The van der Waals surface area contributed by atoms with E-state index in [2.05, 4.69) is 8.75 Å². The summed E-state index contributed by atoms with van der Waals surface area (Å²) >= 11 is 2.67. The Hall–Kier alpha value is -1.51. The fraction of sp³-hybridized carbons (Fsp3) is 0.333. The molecule has 4 rings (SSSR count). The average Bonchev–Trinajstić information content (AvgIpc) is 3.27. The Labute approximate surface area is 218 Å². The average molecular weight is 475 g/mol. The van der Waals surface area contributed by atoms with E-state index in [-0.39, 0.29) is 40.9 Å². The van der Waals surface area contributed by atoms with Crippen LogP contribution in [0.2, 0.25) is 0 Å². The molecule has 0 amide bonds. The van der Waals surface area contributed by atoms with Crippen LogP contribution in [-0.2, 0) is 4.79 Å². The van der Waals surface area contributed by atoms with E-state index in [0.717, 1.165) is 42.3 Å². The zero-order chi connectivity index (χ0) is 21.8. The Morgan fingerprint density at radius 1 is 1.00 bits per heavy atom. The first-order valence-corrected chi connectivity index (χ1v) is 12.4. The van der Waals surface area contributed by atoms with Crippen molar-refractivity contribution in [2.45, 2.75) is 43.4 Å². The van der Waals surface area contributed by atoms with Crippen molar-refractivity contribution in [3.05, 3.63) is 59.2 Å². The molecule has 0 aliphatic heterocycles. The van der Waals surface area contributed by atoms with Gasteiger partial charge in [0.15, 0.2) is 5.78 Å². The summed E-state index contributed by atoms with van der Waals surface area (Å²) in [6.45, 7) is 0. The molecule has 0 bridgehead atoms. The largest absolute Gasteiger partial charge is 1.00 e. The monoisotopic (exact) mass is 474 g/mol. The third kappa shape index (κ3) is 5.69. The number of benzene rings is 2. The number of carbonyl (C=O) groups is 2. The quantitative estimate of drug-likeness (QED) is 0.225. The van der Waals surface area contributed by atoms with Crippen LogP contribution in [0, 0.1) is 5.92 Å². The first-order chi connectivity index (χ1) is 15.1. The van der Waals surface area contributed by atoms with Gasteiger partial charge in [-0.3, -0.25) is 4.79 Å². The number of aliphatic carboxylic acids is 1. The molecule has 1 fully saturated rings. The number of allylic oxidation sites excluding steroid dienone is 1. The molecule has 1 aromatic heterocycles. The number of hydrogen-bond donors (Lipinski definition) is 0. The van der Waals surface area contributed by atoms with Gasteiger partial charge in [0.05, 0.1) is 17.7 Å². The number of rotatable bonds is 7. The number of nitrogens with zero attached hydrogens (tertiary/aromatic N) is 2. The number of hydrogen-bond acceptors (Lipinski definition) is 7. The maximum atomic E-state index is 13.6. The van der Waals surface area contributed by atoms with Crippen LogP contribution in [0.4, 0.5) is 0 Å². The summed E-state index contributed by atoms with van der Waals surface area (Å²) in [5, 5.41) is 12.3. The number of fused-ring (bicyclic) bond motifs is 1. The molecule has 0 spiro atoms.